The Morgan fingerprint density at radius 2 is 1.52 bits per heavy atom. The van der Waals surface area contributed by atoms with Crippen LogP contribution in [-0.4, -0.2) is 28.3 Å². The average molecular weight is 322 g/mol. The second-order valence-corrected chi connectivity index (χ2v) is 9.10. The zero-order chi connectivity index (χ0) is 15.1. The number of fused-ring (bicyclic) bond motifs is 1. The van der Waals surface area contributed by atoms with Crippen LogP contribution in [0.5, 0.6) is 0 Å². The summed E-state index contributed by atoms with van der Waals surface area (Å²) in [6, 6.07) is 12.6. The summed E-state index contributed by atoms with van der Waals surface area (Å²) in [6.45, 7) is 0. The van der Waals surface area contributed by atoms with Gasteiger partial charge in [-0.2, -0.15) is 0 Å². The molecule has 0 fully saturated rings. The van der Waals surface area contributed by atoms with Crippen molar-refractivity contribution in [3.63, 3.8) is 0 Å². The Bertz CT molecular complexity index is 933. The zero-order valence-electron chi connectivity index (χ0n) is 11.2. The van der Waals surface area contributed by atoms with Gasteiger partial charge in [0.05, 0.1) is 16.4 Å². The molecule has 0 atom stereocenters. The molecule has 1 aliphatic heterocycles. The second kappa shape index (κ2) is 4.96. The molecular formula is C15H14O4S2. The van der Waals surface area contributed by atoms with E-state index in [2.05, 4.69) is 0 Å². The Morgan fingerprint density at radius 3 is 2.33 bits per heavy atom. The molecule has 0 radical (unpaired) electrons. The van der Waals surface area contributed by atoms with E-state index in [0.29, 0.717) is 5.56 Å². The molecule has 21 heavy (non-hydrogen) atoms. The molecule has 0 amide bonds. The Hall–Kier alpha value is -1.66. The molecule has 3 rings (SSSR count). The van der Waals surface area contributed by atoms with Crippen LogP contribution >= 0.6 is 0 Å². The Balaban J connectivity index is 2.36. The number of benzene rings is 2. The van der Waals surface area contributed by atoms with Crippen molar-refractivity contribution < 1.29 is 16.8 Å². The Kier molecular flexibility index (Phi) is 3.37. The maximum Gasteiger partial charge on any atom is 0.179 e. The molecule has 6 heteroatoms. The van der Waals surface area contributed by atoms with E-state index in [1.165, 1.54) is 0 Å². The lowest BCUT2D eigenvalue weighted by Gasteiger charge is -2.10. The lowest BCUT2D eigenvalue weighted by molar-refractivity contribution is 0.602. The fraction of sp³-hybridized carbons (Fsp3) is 0.200. The molecule has 0 spiro atoms. The van der Waals surface area contributed by atoms with E-state index < -0.39 is 19.7 Å². The average Bonchev–Trinajstić information content (AvgIpc) is 2.54. The number of sulfone groups is 2. The van der Waals surface area contributed by atoms with E-state index in [4.69, 9.17) is 0 Å². The van der Waals surface area contributed by atoms with Gasteiger partial charge in [0.1, 0.15) is 0 Å². The molecule has 1 heterocycles. The maximum atomic E-state index is 12.4. The van der Waals surface area contributed by atoms with Crippen molar-refractivity contribution in [3.05, 3.63) is 53.4 Å². The smallest absolute Gasteiger partial charge is 0.179 e. The van der Waals surface area contributed by atoms with Gasteiger partial charge >= 0.3 is 0 Å². The SMILES string of the molecule is O=S1(=O)C=C(c2cccc3ccccc23)S(=O)(=O)CCC1. The van der Waals surface area contributed by atoms with Crippen molar-refractivity contribution in [2.24, 2.45) is 0 Å². The molecule has 2 aromatic carbocycles. The maximum absolute atomic E-state index is 12.4. The minimum absolute atomic E-state index is 0.0863. The van der Waals surface area contributed by atoms with Crippen molar-refractivity contribution in [2.45, 2.75) is 6.42 Å². The van der Waals surface area contributed by atoms with Crippen molar-refractivity contribution >= 4 is 35.4 Å². The van der Waals surface area contributed by atoms with Crippen molar-refractivity contribution in [1.82, 2.24) is 0 Å². The van der Waals surface area contributed by atoms with Crippen LogP contribution in [0.15, 0.2) is 47.9 Å². The van der Waals surface area contributed by atoms with Crippen LogP contribution in [0.3, 0.4) is 0 Å². The summed E-state index contributed by atoms with van der Waals surface area (Å²) in [5.41, 5.74) is 0.457. The van der Waals surface area contributed by atoms with E-state index >= 15 is 0 Å². The summed E-state index contributed by atoms with van der Waals surface area (Å²) in [7, 11) is -7.09. The summed E-state index contributed by atoms with van der Waals surface area (Å²) in [6.07, 6.45) is 0.134. The van der Waals surface area contributed by atoms with Gasteiger partial charge < -0.3 is 0 Å². The molecular weight excluding hydrogens is 308 g/mol. The van der Waals surface area contributed by atoms with Crippen LogP contribution in [0.4, 0.5) is 0 Å². The number of hydrogen-bond donors (Lipinski definition) is 0. The van der Waals surface area contributed by atoms with E-state index in [0.717, 1.165) is 16.2 Å². The van der Waals surface area contributed by atoms with Gasteiger partial charge in [-0.05, 0) is 17.2 Å². The highest BCUT2D eigenvalue weighted by Gasteiger charge is 2.27. The van der Waals surface area contributed by atoms with Crippen LogP contribution in [0, 0.1) is 0 Å². The third-order valence-electron chi connectivity index (χ3n) is 3.52. The summed E-state index contributed by atoms with van der Waals surface area (Å²) >= 11 is 0. The van der Waals surface area contributed by atoms with Gasteiger partial charge in [-0.15, -0.1) is 0 Å². The van der Waals surface area contributed by atoms with Gasteiger partial charge in [0, 0.05) is 11.0 Å². The fourth-order valence-electron chi connectivity index (χ4n) is 2.53. The van der Waals surface area contributed by atoms with Crippen LogP contribution < -0.4 is 0 Å². The van der Waals surface area contributed by atoms with Gasteiger partial charge in [0.15, 0.2) is 19.7 Å². The molecule has 0 saturated carbocycles. The molecule has 0 unspecified atom stereocenters. The number of hydrogen-bond acceptors (Lipinski definition) is 4. The van der Waals surface area contributed by atoms with Crippen molar-refractivity contribution in [3.8, 4) is 0 Å². The quantitative estimate of drug-likeness (QED) is 0.808. The third kappa shape index (κ3) is 2.73. The predicted molar refractivity (Wildman–Crippen MR) is 84.1 cm³/mol. The van der Waals surface area contributed by atoms with Crippen LogP contribution in [0.2, 0.25) is 0 Å². The van der Waals surface area contributed by atoms with Crippen LogP contribution in [0.25, 0.3) is 15.7 Å². The van der Waals surface area contributed by atoms with Gasteiger partial charge in [0.25, 0.3) is 0 Å². The molecule has 2 aromatic rings. The summed E-state index contributed by atoms with van der Waals surface area (Å²) < 4.78 is 48.7. The van der Waals surface area contributed by atoms with E-state index in [1.54, 1.807) is 18.2 Å². The van der Waals surface area contributed by atoms with Gasteiger partial charge in [-0.3, -0.25) is 0 Å². The highest BCUT2D eigenvalue weighted by molar-refractivity contribution is 8.03. The lowest BCUT2D eigenvalue weighted by atomic mass is 10.0. The van der Waals surface area contributed by atoms with Crippen LogP contribution in [-0.2, 0) is 19.7 Å². The molecule has 0 aliphatic carbocycles. The fourth-order valence-corrected chi connectivity index (χ4v) is 6.11. The summed E-state index contributed by atoms with van der Waals surface area (Å²) in [5.74, 6) is -0.262. The largest absolute Gasteiger partial charge is 0.224 e. The van der Waals surface area contributed by atoms with Gasteiger partial charge in [-0.25, -0.2) is 16.8 Å². The number of rotatable bonds is 1. The monoisotopic (exact) mass is 322 g/mol. The first-order chi connectivity index (χ1) is 9.89. The first-order valence-corrected chi connectivity index (χ1v) is 9.91. The molecule has 0 N–H and O–H groups in total. The zero-order valence-corrected chi connectivity index (χ0v) is 12.8. The molecule has 0 saturated heterocycles. The Labute approximate surface area is 123 Å². The topological polar surface area (TPSA) is 68.3 Å². The summed E-state index contributed by atoms with van der Waals surface area (Å²) in [4.78, 5) is -0.0863. The first-order valence-electron chi connectivity index (χ1n) is 6.54. The van der Waals surface area contributed by atoms with Crippen LogP contribution in [0.1, 0.15) is 12.0 Å². The molecule has 110 valence electrons. The molecule has 0 bridgehead atoms. The van der Waals surface area contributed by atoms with Crippen molar-refractivity contribution in [1.29, 1.82) is 0 Å². The minimum atomic E-state index is -3.59. The Morgan fingerprint density at radius 1 is 0.810 bits per heavy atom. The highest BCUT2D eigenvalue weighted by Crippen LogP contribution is 2.31. The standard InChI is InChI=1S/C15H14O4S2/c16-20(17)9-4-10-21(18,19)15(11-20)14-8-3-6-12-5-1-2-7-13(12)14/h1-3,5-8,11H,4,9-10H2. The third-order valence-corrected chi connectivity index (χ3v) is 6.95. The normalized spacial score (nSPS) is 20.7. The van der Waals surface area contributed by atoms with Gasteiger partial charge in [0.2, 0.25) is 0 Å². The predicted octanol–water partition coefficient (Wildman–Crippen LogP) is 2.37. The molecule has 0 aromatic heterocycles. The van der Waals surface area contributed by atoms with Crippen molar-refractivity contribution in [2.75, 3.05) is 11.5 Å². The summed E-state index contributed by atoms with van der Waals surface area (Å²) in [5, 5.41) is 2.55. The lowest BCUT2D eigenvalue weighted by Crippen LogP contribution is -2.07. The van der Waals surface area contributed by atoms with E-state index in [-0.39, 0.29) is 22.8 Å². The van der Waals surface area contributed by atoms with E-state index in [9.17, 15) is 16.8 Å². The minimum Gasteiger partial charge on any atom is -0.224 e. The second-order valence-electron chi connectivity index (χ2n) is 5.05. The highest BCUT2D eigenvalue weighted by atomic mass is 32.2. The van der Waals surface area contributed by atoms with E-state index in [1.807, 2.05) is 24.3 Å². The molecule has 1 aliphatic rings. The van der Waals surface area contributed by atoms with Gasteiger partial charge in [-0.1, -0.05) is 42.5 Å². The molecule has 4 nitrogen and oxygen atoms in total. The first kappa shape index (κ1) is 14.3.